The van der Waals surface area contributed by atoms with Crippen molar-refractivity contribution < 1.29 is 4.79 Å². The molecule has 0 spiro atoms. The van der Waals surface area contributed by atoms with Gasteiger partial charge in [0, 0.05) is 12.7 Å². The number of hydrogen-bond acceptors (Lipinski definition) is 3. The number of nitrogens with one attached hydrogen (secondary N) is 1. The Kier molecular flexibility index (Phi) is 3.84. The van der Waals surface area contributed by atoms with E-state index in [9.17, 15) is 4.79 Å². The Morgan fingerprint density at radius 1 is 1.53 bits per heavy atom. The Balaban J connectivity index is 1.92. The summed E-state index contributed by atoms with van der Waals surface area (Å²) in [5.74, 6) is 0.737. The lowest BCUT2D eigenvalue weighted by atomic mass is 10.1. The lowest BCUT2D eigenvalue weighted by Crippen LogP contribution is -2.28. The van der Waals surface area contributed by atoms with Crippen LogP contribution in [0.5, 0.6) is 0 Å². The molecule has 1 fully saturated rings. The van der Waals surface area contributed by atoms with E-state index in [2.05, 4.69) is 10.3 Å². The summed E-state index contributed by atoms with van der Waals surface area (Å²) in [5.41, 5.74) is 5.95. The topological polar surface area (TPSA) is 68.0 Å². The molecule has 0 aliphatic heterocycles. The number of nitrogens with zero attached hydrogens (tertiary/aromatic N) is 1. The van der Waals surface area contributed by atoms with Gasteiger partial charge in [-0.05, 0) is 24.8 Å². The van der Waals surface area contributed by atoms with Gasteiger partial charge in [-0.1, -0.05) is 24.4 Å². The number of carbonyl (C=O) groups excluding carboxylic acids is 1. The average Bonchev–Trinajstić information content (AvgIpc) is 2.82. The molecular formula is C12H16ClN3O. The molecule has 2 rings (SSSR count). The van der Waals surface area contributed by atoms with E-state index in [0.29, 0.717) is 16.5 Å². The maximum atomic E-state index is 11.8. The van der Waals surface area contributed by atoms with Crippen molar-refractivity contribution in [1.82, 2.24) is 10.3 Å². The number of halogens is 1. The fraction of sp³-hybridized carbons (Fsp3) is 0.500. The predicted octanol–water partition coefficient (Wildman–Crippen LogP) is 2.24. The Bertz CT molecular complexity index is 416. The summed E-state index contributed by atoms with van der Waals surface area (Å²) in [5, 5.41) is 3.23. The van der Waals surface area contributed by atoms with Crippen LogP contribution in [0.2, 0.25) is 5.02 Å². The van der Waals surface area contributed by atoms with Gasteiger partial charge in [0.1, 0.15) is 5.82 Å². The van der Waals surface area contributed by atoms with Crippen LogP contribution in [-0.4, -0.2) is 17.4 Å². The van der Waals surface area contributed by atoms with Crippen LogP contribution in [0.1, 0.15) is 36.0 Å². The first kappa shape index (κ1) is 12.2. The van der Waals surface area contributed by atoms with Gasteiger partial charge >= 0.3 is 0 Å². The number of carbonyl (C=O) groups is 1. The van der Waals surface area contributed by atoms with Crippen LogP contribution in [0, 0.1) is 5.92 Å². The first-order valence-corrected chi connectivity index (χ1v) is 6.24. The van der Waals surface area contributed by atoms with Crippen LogP contribution in [0.3, 0.4) is 0 Å². The highest BCUT2D eigenvalue weighted by atomic mass is 35.5. The van der Waals surface area contributed by atoms with Gasteiger partial charge in [0.15, 0.2) is 0 Å². The van der Waals surface area contributed by atoms with E-state index in [0.717, 1.165) is 6.54 Å². The van der Waals surface area contributed by atoms with Crippen molar-refractivity contribution >= 4 is 23.3 Å². The standard InChI is InChI=1S/C12H16ClN3O/c13-10-5-9(7-15-11(10)14)12(17)16-6-8-3-1-2-4-8/h5,7-8H,1-4,6H2,(H2,14,15)(H,16,17). The fourth-order valence-corrected chi connectivity index (χ4v) is 2.29. The molecule has 1 aromatic rings. The van der Waals surface area contributed by atoms with E-state index in [-0.39, 0.29) is 11.7 Å². The van der Waals surface area contributed by atoms with E-state index in [1.54, 1.807) is 6.07 Å². The van der Waals surface area contributed by atoms with Crippen molar-refractivity contribution in [2.45, 2.75) is 25.7 Å². The van der Waals surface area contributed by atoms with E-state index in [1.807, 2.05) is 0 Å². The number of amides is 1. The molecule has 3 N–H and O–H groups in total. The molecule has 5 heteroatoms. The SMILES string of the molecule is Nc1ncc(C(=O)NCC2CCCC2)cc1Cl. The van der Waals surface area contributed by atoms with E-state index >= 15 is 0 Å². The first-order chi connectivity index (χ1) is 8.16. The molecule has 1 aliphatic rings. The second kappa shape index (κ2) is 5.36. The molecule has 4 nitrogen and oxygen atoms in total. The Morgan fingerprint density at radius 2 is 2.24 bits per heavy atom. The summed E-state index contributed by atoms with van der Waals surface area (Å²) >= 11 is 5.82. The van der Waals surface area contributed by atoms with E-state index < -0.39 is 0 Å². The maximum absolute atomic E-state index is 11.8. The third-order valence-corrected chi connectivity index (χ3v) is 3.46. The summed E-state index contributed by atoms with van der Waals surface area (Å²) in [6.07, 6.45) is 6.42. The summed E-state index contributed by atoms with van der Waals surface area (Å²) in [6.45, 7) is 0.737. The Hall–Kier alpha value is -1.29. The monoisotopic (exact) mass is 253 g/mol. The molecule has 0 atom stereocenters. The van der Waals surface area contributed by atoms with E-state index in [4.69, 9.17) is 17.3 Å². The minimum absolute atomic E-state index is 0.133. The van der Waals surface area contributed by atoms with Crippen molar-refractivity contribution in [3.8, 4) is 0 Å². The highest BCUT2D eigenvalue weighted by molar-refractivity contribution is 6.33. The van der Waals surface area contributed by atoms with Gasteiger partial charge in [0.25, 0.3) is 5.91 Å². The second-order valence-corrected chi connectivity index (χ2v) is 4.86. The molecule has 0 radical (unpaired) electrons. The largest absolute Gasteiger partial charge is 0.382 e. The Morgan fingerprint density at radius 3 is 2.88 bits per heavy atom. The molecule has 0 bridgehead atoms. The zero-order chi connectivity index (χ0) is 12.3. The van der Waals surface area contributed by atoms with Gasteiger partial charge < -0.3 is 11.1 Å². The van der Waals surface area contributed by atoms with Crippen LogP contribution < -0.4 is 11.1 Å². The summed E-state index contributed by atoms with van der Waals surface area (Å²) in [7, 11) is 0. The lowest BCUT2D eigenvalue weighted by Gasteiger charge is -2.10. The van der Waals surface area contributed by atoms with Gasteiger partial charge in [-0.15, -0.1) is 0 Å². The molecule has 17 heavy (non-hydrogen) atoms. The van der Waals surface area contributed by atoms with Crippen molar-refractivity contribution in [1.29, 1.82) is 0 Å². The molecule has 0 aromatic carbocycles. The highest BCUT2D eigenvalue weighted by Gasteiger charge is 2.16. The van der Waals surface area contributed by atoms with Crippen LogP contribution in [0.15, 0.2) is 12.3 Å². The molecule has 92 valence electrons. The van der Waals surface area contributed by atoms with Crippen molar-refractivity contribution in [3.05, 3.63) is 22.8 Å². The highest BCUT2D eigenvalue weighted by Crippen LogP contribution is 2.24. The van der Waals surface area contributed by atoms with Gasteiger partial charge in [0.05, 0.1) is 10.6 Å². The lowest BCUT2D eigenvalue weighted by molar-refractivity contribution is 0.0947. The van der Waals surface area contributed by atoms with Gasteiger partial charge in [0.2, 0.25) is 0 Å². The zero-order valence-corrected chi connectivity index (χ0v) is 10.3. The molecule has 1 saturated carbocycles. The van der Waals surface area contributed by atoms with Crippen LogP contribution in [-0.2, 0) is 0 Å². The summed E-state index contributed by atoms with van der Waals surface area (Å²) < 4.78 is 0. The minimum Gasteiger partial charge on any atom is -0.382 e. The van der Waals surface area contributed by atoms with Gasteiger partial charge in [-0.3, -0.25) is 4.79 Å². The molecule has 0 saturated heterocycles. The third-order valence-electron chi connectivity index (χ3n) is 3.16. The minimum atomic E-state index is -0.133. The predicted molar refractivity (Wildman–Crippen MR) is 68.0 cm³/mol. The second-order valence-electron chi connectivity index (χ2n) is 4.45. The van der Waals surface area contributed by atoms with E-state index in [1.165, 1.54) is 31.9 Å². The van der Waals surface area contributed by atoms with Gasteiger partial charge in [-0.25, -0.2) is 4.98 Å². The van der Waals surface area contributed by atoms with Crippen LogP contribution in [0.4, 0.5) is 5.82 Å². The molecule has 1 aliphatic carbocycles. The number of nitrogen functional groups attached to an aromatic ring is 1. The zero-order valence-electron chi connectivity index (χ0n) is 9.58. The number of pyridine rings is 1. The van der Waals surface area contributed by atoms with Crippen LogP contribution >= 0.6 is 11.6 Å². The quantitative estimate of drug-likeness (QED) is 0.868. The number of aromatic nitrogens is 1. The maximum Gasteiger partial charge on any atom is 0.252 e. The summed E-state index contributed by atoms with van der Waals surface area (Å²) in [4.78, 5) is 15.7. The fourth-order valence-electron chi connectivity index (χ4n) is 2.13. The first-order valence-electron chi connectivity index (χ1n) is 5.86. The third kappa shape index (κ3) is 3.09. The molecular weight excluding hydrogens is 238 g/mol. The molecule has 1 heterocycles. The number of rotatable bonds is 3. The smallest absolute Gasteiger partial charge is 0.252 e. The summed E-state index contributed by atoms with van der Waals surface area (Å²) in [6, 6.07) is 1.55. The van der Waals surface area contributed by atoms with Crippen molar-refractivity contribution in [2.75, 3.05) is 12.3 Å². The number of anilines is 1. The van der Waals surface area contributed by atoms with Crippen molar-refractivity contribution in [2.24, 2.45) is 5.92 Å². The molecule has 0 unspecified atom stereocenters. The number of hydrogen-bond donors (Lipinski definition) is 2. The van der Waals surface area contributed by atoms with Crippen LogP contribution in [0.25, 0.3) is 0 Å². The van der Waals surface area contributed by atoms with Gasteiger partial charge in [-0.2, -0.15) is 0 Å². The normalized spacial score (nSPS) is 16.1. The van der Waals surface area contributed by atoms with Crippen molar-refractivity contribution in [3.63, 3.8) is 0 Å². The number of nitrogens with two attached hydrogens (primary N) is 1. The molecule has 1 aromatic heterocycles. The Labute approximate surface area is 106 Å². The average molecular weight is 254 g/mol. The molecule has 1 amide bonds.